The highest BCUT2D eigenvalue weighted by atomic mass is 31.1. The third-order valence-corrected chi connectivity index (χ3v) is 10.1. The molecule has 0 aromatic carbocycles. The highest BCUT2D eigenvalue weighted by molar-refractivity contribution is 7.62. The number of hydrogen-bond acceptors (Lipinski definition) is 0. The zero-order valence-electron chi connectivity index (χ0n) is 10.8. The highest BCUT2D eigenvalue weighted by Crippen LogP contribution is 2.76. The fourth-order valence-corrected chi connectivity index (χ4v) is 11.2. The Morgan fingerprint density at radius 1 is 0.750 bits per heavy atom. The van der Waals surface area contributed by atoms with Gasteiger partial charge < -0.3 is 0 Å². The van der Waals surface area contributed by atoms with Crippen LogP contribution in [0.15, 0.2) is 0 Å². The summed E-state index contributed by atoms with van der Waals surface area (Å²) in [6, 6.07) is 0. The van der Waals surface area contributed by atoms with Crippen LogP contribution in [0, 0.1) is 17.8 Å². The van der Waals surface area contributed by atoms with Crippen LogP contribution in [0.4, 0.5) is 0 Å². The van der Waals surface area contributed by atoms with Crippen molar-refractivity contribution in [3.63, 3.8) is 0 Å². The third kappa shape index (κ3) is 1.26. The van der Waals surface area contributed by atoms with Crippen molar-refractivity contribution >= 4 is 7.92 Å². The fourth-order valence-electron chi connectivity index (χ4n) is 6.33. The van der Waals surface area contributed by atoms with E-state index in [9.17, 15) is 0 Å². The van der Waals surface area contributed by atoms with Crippen LogP contribution in [0.2, 0.25) is 0 Å². The Morgan fingerprint density at radius 2 is 1.19 bits per heavy atom. The summed E-state index contributed by atoms with van der Waals surface area (Å²) in [5.41, 5.74) is 2.22. The monoisotopic (exact) mass is 236 g/mol. The lowest BCUT2D eigenvalue weighted by Gasteiger charge is -2.64. The minimum atomic E-state index is 0.406. The summed E-state index contributed by atoms with van der Waals surface area (Å²) in [4.78, 5) is 0. The van der Waals surface area contributed by atoms with Crippen molar-refractivity contribution in [3.8, 4) is 0 Å². The molecule has 0 unspecified atom stereocenters. The van der Waals surface area contributed by atoms with Crippen molar-refractivity contribution < 1.29 is 0 Å². The normalized spacial score (nSPS) is 60.0. The van der Waals surface area contributed by atoms with Gasteiger partial charge in [0.1, 0.15) is 0 Å². The van der Waals surface area contributed by atoms with E-state index in [1.807, 2.05) is 0 Å². The molecular formula is C15H25P. The first-order valence-electron chi connectivity index (χ1n) is 7.45. The van der Waals surface area contributed by atoms with Gasteiger partial charge in [0, 0.05) is 0 Å². The largest absolute Gasteiger partial charge is 0.0944 e. The van der Waals surface area contributed by atoms with E-state index in [2.05, 4.69) is 13.8 Å². The van der Waals surface area contributed by atoms with Crippen molar-refractivity contribution in [1.29, 1.82) is 0 Å². The van der Waals surface area contributed by atoms with Crippen LogP contribution in [-0.4, -0.2) is 16.5 Å². The summed E-state index contributed by atoms with van der Waals surface area (Å²) in [7, 11) is 0.406. The van der Waals surface area contributed by atoms with Gasteiger partial charge in [-0.2, -0.15) is 0 Å². The molecule has 0 amide bonds. The minimum Gasteiger partial charge on any atom is -0.0944 e. The maximum absolute atomic E-state index is 2.56. The van der Waals surface area contributed by atoms with Crippen molar-refractivity contribution in [2.45, 2.75) is 75.3 Å². The Morgan fingerprint density at radius 3 is 1.56 bits per heavy atom. The second-order valence-electron chi connectivity index (χ2n) is 7.48. The van der Waals surface area contributed by atoms with Gasteiger partial charge in [-0.25, -0.2) is 0 Å². The Bertz CT molecular complexity index is 265. The molecule has 0 spiro atoms. The van der Waals surface area contributed by atoms with Crippen molar-refractivity contribution in [1.82, 2.24) is 0 Å². The van der Waals surface area contributed by atoms with Crippen LogP contribution >= 0.6 is 7.92 Å². The van der Waals surface area contributed by atoms with E-state index in [4.69, 9.17) is 0 Å². The molecule has 16 heavy (non-hydrogen) atoms. The van der Waals surface area contributed by atoms with Gasteiger partial charge in [-0.3, -0.25) is 0 Å². The fraction of sp³-hybridized carbons (Fsp3) is 1.00. The molecule has 1 heteroatoms. The molecule has 0 aromatic heterocycles. The maximum atomic E-state index is 2.56. The second kappa shape index (κ2) is 3.25. The molecule has 1 saturated heterocycles. The standard InChI is InChI=1S/C15H25P/c1-10-3-11(2)16(10)15-7-12-4-13(8-15)6-14(5-12)9-15/h10-14H,3-9H2,1-2H3/t10-,11-,12?,13?,14?,15?/m1/s1. The zero-order valence-corrected chi connectivity index (χ0v) is 11.7. The van der Waals surface area contributed by atoms with Gasteiger partial charge >= 0.3 is 0 Å². The van der Waals surface area contributed by atoms with Crippen LogP contribution in [0.3, 0.4) is 0 Å². The molecule has 4 saturated carbocycles. The third-order valence-electron chi connectivity index (χ3n) is 6.19. The van der Waals surface area contributed by atoms with Gasteiger partial charge in [-0.05, 0) is 79.2 Å². The summed E-state index contributed by atoms with van der Waals surface area (Å²) in [5.74, 6) is 3.48. The van der Waals surface area contributed by atoms with E-state index in [-0.39, 0.29) is 0 Å². The Balaban J connectivity index is 1.66. The topological polar surface area (TPSA) is 0 Å². The van der Waals surface area contributed by atoms with E-state index >= 15 is 0 Å². The molecule has 0 radical (unpaired) electrons. The number of hydrogen-bond donors (Lipinski definition) is 0. The lowest BCUT2D eigenvalue weighted by Crippen LogP contribution is -2.53. The van der Waals surface area contributed by atoms with Crippen LogP contribution < -0.4 is 0 Å². The molecule has 1 heterocycles. The second-order valence-corrected chi connectivity index (χ2v) is 11.0. The highest BCUT2D eigenvalue weighted by Gasteiger charge is 2.58. The minimum absolute atomic E-state index is 0.406. The summed E-state index contributed by atoms with van der Waals surface area (Å²) in [6.07, 6.45) is 11.4. The van der Waals surface area contributed by atoms with Crippen molar-refractivity contribution in [3.05, 3.63) is 0 Å². The first kappa shape index (κ1) is 10.4. The van der Waals surface area contributed by atoms with Crippen LogP contribution in [-0.2, 0) is 0 Å². The van der Waals surface area contributed by atoms with E-state index in [0.29, 0.717) is 7.92 Å². The van der Waals surface area contributed by atoms with E-state index < -0.39 is 0 Å². The summed E-state index contributed by atoms with van der Waals surface area (Å²) in [5, 5.41) is 0.904. The van der Waals surface area contributed by atoms with Crippen LogP contribution in [0.5, 0.6) is 0 Å². The molecule has 5 fully saturated rings. The Labute approximate surface area is 101 Å². The summed E-state index contributed by atoms with van der Waals surface area (Å²) < 4.78 is 0. The van der Waals surface area contributed by atoms with E-state index in [1.54, 1.807) is 44.9 Å². The SMILES string of the molecule is C[C@@H]1C[C@@H](C)P1C12CC3CC(CC(C3)C1)C2. The average Bonchev–Trinajstić information content (AvgIpc) is 2.13. The maximum Gasteiger partial charge on any atom is -0.00817 e. The van der Waals surface area contributed by atoms with Gasteiger partial charge in [0.25, 0.3) is 0 Å². The number of rotatable bonds is 1. The Hall–Kier alpha value is 0.430. The molecule has 5 rings (SSSR count). The molecule has 90 valence electrons. The molecule has 5 aliphatic rings. The van der Waals surface area contributed by atoms with E-state index in [1.165, 1.54) is 0 Å². The van der Waals surface area contributed by atoms with Crippen molar-refractivity contribution in [2.75, 3.05) is 0 Å². The van der Waals surface area contributed by atoms with Gasteiger partial charge in [0.2, 0.25) is 0 Å². The quantitative estimate of drug-likeness (QED) is 0.583. The molecule has 2 atom stereocenters. The first-order valence-corrected chi connectivity index (χ1v) is 8.93. The molecule has 0 aromatic rings. The zero-order chi connectivity index (χ0) is 10.9. The Kier molecular flexibility index (Phi) is 2.11. The van der Waals surface area contributed by atoms with Crippen molar-refractivity contribution in [2.24, 2.45) is 17.8 Å². The average molecular weight is 236 g/mol. The molecule has 1 aliphatic heterocycles. The summed E-state index contributed by atoms with van der Waals surface area (Å²) in [6.45, 7) is 5.12. The van der Waals surface area contributed by atoms with Crippen LogP contribution in [0.25, 0.3) is 0 Å². The summed E-state index contributed by atoms with van der Waals surface area (Å²) >= 11 is 0. The molecule has 4 aliphatic carbocycles. The van der Waals surface area contributed by atoms with Gasteiger partial charge in [0.15, 0.2) is 0 Å². The predicted octanol–water partition coefficient (Wildman–Crippen LogP) is 4.62. The van der Waals surface area contributed by atoms with E-state index in [0.717, 1.165) is 34.2 Å². The molecule has 0 nitrogen and oxygen atoms in total. The van der Waals surface area contributed by atoms with Gasteiger partial charge in [-0.15, -0.1) is 0 Å². The molecule has 4 bridgehead atoms. The lowest BCUT2D eigenvalue weighted by atomic mass is 9.56. The predicted molar refractivity (Wildman–Crippen MR) is 71.4 cm³/mol. The smallest absolute Gasteiger partial charge is 0.00817 e. The lowest BCUT2D eigenvalue weighted by molar-refractivity contribution is 0.0339. The molecule has 0 N–H and O–H groups in total. The van der Waals surface area contributed by atoms with Gasteiger partial charge in [-0.1, -0.05) is 21.8 Å². The van der Waals surface area contributed by atoms with Gasteiger partial charge in [0.05, 0.1) is 0 Å². The van der Waals surface area contributed by atoms with Crippen LogP contribution in [0.1, 0.15) is 58.8 Å². The first-order chi connectivity index (χ1) is 7.66. The molecular weight excluding hydrogens is 211 g/mol.